The van der Waals surface area contributed by atoms with Crippen molar-refractivity contribution in [3.8, 4) is 0 Å². The van der Waals surface area contributed by atoms with Crippen LogP contribution < -0.4 is 15.5 Å². The second kappa shape index (κ2) is 12.5. The van der Waals surface area contributed by atoms with Crippen molar-refractivity contribution in [2.45, 2.75) is 38.8 Å². The summed E-state index contributed by atoms with van der Waals surface area (Å²) in [5.41, 5.74) is 1.24. The number of halogens is 1. The van der Waals surface area contributed by atoms with Crippen molar-refractivity contribution >= 4 is 35.8 Å². The molecule has 2 aliphatic rings. The van der Waals surface area contributed by atoms with Gasteiger partial charge in [0.25, 0.3) is 0 Å². The van der Waals surface area contributed by atoms with Gasteiger partial charge in [-0.2, -0.15) is 0 Å². The van der Waals surface area contributed by atoms with Gasteiger partial charge in [0.2, 0.25) is 0 Å². The lowest BCUT2D eigenvalue weighted by Gasteiger charge is -2.33. The third-order valence-corrected chi connectivity index (χ3v) is 5.79. The summed E-state index contributed by atoms with van der Waals surface area (Å²) in [6, 6.07) is 4.80. The van der Waals surface area contributed by atoms with Crippen molar-refractivity contribution < 1.29 is 0 Å². The van der Waals surface area contributed by atoms with E-state index < -0.39 is 0 Å². The summed E-state index contributed by atoms with van der Waals surface area (Å²) in [6.45, 7) is 10.9. The third-order valence-electron chi connectivity index (χ3n) is 5.79. The first-order chi connectivity index (χ1) is 13.7. The van der Waals surface area contributed by atoms with Crippen LogP contribution in [0.4, 0.5) is 5.82 Å². The van der Waals surface area contributed by atoms with Gasteiger partial charge in [-0.15, -0.1) is 24.0 Å². The molecule has 2 aliphatic heterocycles. The summed E-state index contributed by atoms with van der Waals surface area (Å²) in [7, 11) is 4.03. The number of aliphatic imine (C=N–C) groups is 1. The van der Waals surface area contributed by atoms with Crippen LogP contribution in [0, 0.1) is 0 Å². The molecule has 0 amide bonds. The van der Waals surface area contributed by atoms with Crippen LogP contribution in [-0.4, -0.2) is 86.7 Å². The molecular weight excluding hydrogens is 477 g/mol. The fourth-order valence-corrected chi connectivity index (χ4v) is 3.97. The van der Waals surface area contributed by atoms with E-state index in [-0.39, 0.29) is 24.0 Å². The normalized spacial score (nSPS) is 19.7. The maximum absolute atomic E-state index is 4.58. The van der Waals surface area contributed by atoms with Crippen molar-refractivity contribution in [1.29, 1.82) is 0 Å². The molecule has 1 aromatic heterocycles. The number of piperazine rings is 1. The number of nitrogens with one attached hydrogen (secondary N) is 2. The number of rotatable bonds is 6. The van der Waals surface area contributed by atoms with Crippen molar-refractivity contribution in [2.75, 3.05) is 64.8 Å². The van der Waals surface area contributed by atoms with E-state index in [1.165, 1.54) is 44.5 Å². The molecule has 3 heterocycles. The number of pyridine rings is 1. The Bertz CT molecular complexity index is 623. The lowest BCUT2D eigenvalue weighted by atomic mass is 10.1. The zero-order valence-electron chi connectivity index (χ0n) is 18.2. The lowest BCUT2D eigenvalue weighted by Crippen LogP contribution is -2.48. The Morgan fingerprint density at radius 1 is 1.17 bits per heavy atom. The molecule has 0 saturated carbocycles. The van der Waals surface area contributed by atoms with Crippen LogP contribution in [-0.2, 0) is 6.54 Å². The first-order valence-corrected chi connectivity index (χ1v) is 10.8. The standard InChI is InChI=1S/C21H37N7.HI/c1-4-9-27-10-6-19(7-11-27)25-21(22-2)24-17-18-5-8-23-20(16-18)28-14-12-26(3)13-15-28;/h5,8,16,19H,4,6-7,9-15,17H2,1-3H3,(H2,22,24,25);1H. The second-order valence-electron chi connectivity index (χ2n) is 8.00. The van der Waals surface area contributed by atoms with Crippen molar-refractivity contribution in [3.63, 3.8) is 0 Å². The zero-order valence-corrected chi connectivity index (χ0v) is 20.6. The topological polar surface area (TPSA) is 59.0 Å². The summed E-state index contributed by atoms with van der Waals surface area (Å²) in [6.07, 6.45) is 5.53. The third kappa shape index (κ3) is 7.57. The molecule has 2 fully saturated rings. The average molecular weight is 515 g/mol. The maximum atomic E-state index is 4.58. The molecule has 2 N–H and O–H groups in total. The number of piperidine rings is 1. The highest BCUT2D eigenvalue weighted by Gasteiger charge is 2.19. The molecule has 1 aromatic rings. The minimum atomic E-state index is 0. The first-order valence-electron chi connectivity index (χ1n) is 10.8. The molecule has 0 bridgehead atoms. The van der Waals surface area contributed by atoms with Crippen LogP contribution >= 0.6 is 24.0 Å². The number of nitrogens with zero attached hydrogens (tertiary/aromatic N) is 5. The molecular formula is C21H38IN7. The second-order valence-corrected chi connectivity index (χ2v) is 8.00. The van der Waals surface area contributed by atoms with Crippen LogP contribution in [0.15, 0.2) is 23.3 Å². The van der Waals surface area contributed by atoms with Gasteiger partial charge in [-0.25, -0.2) is 4.98 Å². The van der Waals surface area contributed by atoms with Gasteiger partial charge in [-0.1, -0.05) is 6.92 Å². The molecule has 0 aliphatic carbocycles. The lowest BCUT2D eigenvalue weighted by molar-refractivity contribution is 0.206. The van der Waals surface area contributed by atoms with Crippen molar-refractivity contribution in [2.24, 2.45) is 4.99 Å². The Balaban J connectivity index is 0.00000300. The molecule has 0 aromatic carbocycles. The zero-order chi connectivity index (χ0) is 19.8. The largest absolute Gasteiger partial charge is 0.354 e. The summed E-state index contributed by atoms with van der Waals surface area (Å²) < 4.78 is 0. The number of likely N-dealkylation sites (tertiary alicyclic amines) is 1. The molecule has 29 heavy (non-hydrogen) atoms. The van der Waals surface area contributed by atoms with Gasteiger partial charge in [0.15, 0.2) is 5.96 Å². The molecule has 7 nitrogen and oxygen atoms in total. The van der Waals surface area contributed by atoms with E-state index in [1.807, 2.05) is 13.2 Å². The van der Waals surface area contributed by atoms with Crippen LogP contribution in [0.5, 0.6) is 0 Å². The van der Waals surface area contributed by atoms with Crippen molar-refractivity contribution in [1.82, 2.24) is 25.4 Å². The maximum Gasteiger partial charge on any atom is 0.191 e. The molecule has 164 valence electrons. The van der Waals surface area contributed by atoms with E-state index in [9.17, 15) is 0 Å². The Morgan fingerprint density at radius 2 is 1.90 bits per heavy atom. The Kier molecular flexibility index (Phi) is 10.4. The van der Waals surface area contributed by atoms with E-state index in [2.05, 4.69) is 61.4 Å². The highest BCUT2D eigenvalue weighted by atomic mass is 127. The van der Waals surface area contributed by atoms with Gasteiger partial charge >= 0.3 is 0 Å². The highest BCUT2D eigenvalue weighted by molar-refractivity contribution is 14.0. The predicted octanol–water partition coefficient (Wildman–Crippen LogP) is 1.99. The smallest absolute Gasteiger partial charge is 0.191 e. The van der Waals surface area contributed by atoms with Crippen molar-refractivity contribution in [3.05, 3.63) is 23.9 Å². The molecule has 3 rings (SSSR count). The predicted molar refractivity (Wildman–Crippen MR) is 132 cm³/mol. The van der Waals surface area contributed by atoms with Gasteiger partial charge in [0.1, 0.15) is 5.82 Å². The number of hydrogen-bond donors (Lipinski definition) is 2. The quantitative estimate of drug-likeness (QED) is 0.344. The van der Waals surface area contributed by atoms with Crippen LogP contribution in [0.2, 0.25) is 0 Å². The first kappa shape index (κ1) is 24.1. The molecule has 8 heteroatoms. The van der Waals surface area contributed by atoms with Gasteiger partial charge < -0.3 is 25.3 Å². The van der Waals surface area contributed by atoms with Gasteiger partial charge in [-0.3, -0.25) is 4.99 Å². The Labute approximate surface area is 193 Å². The molecule has 0 atom stereocenters. The fourth-order valence-electron chi connectivity index (χ4n) is 3.97. The fraction of sp³-hybridized carbons (Fsp3) is 0.714. The van der Waals surface area contributed by atoms with Crippen LogP contribution in [0.1, 0.15) is 31.7 Å². The minimum absolute atomic E-state index is 0. The summed E-state index contributed by atoms with van der Waals surface area (Å²) in [5, 5.41) is 7.08. The highest BCUT2D eigenvalue weighted by Crippen LogP contribution is 2.15. The number of hydrogen-bond acceptors (Lipinski definition) is 5. The molecule has 0 radical (unpaired) electrons. The Morgan fingerprint density at radius 3 is 2.55 bits per heavy atom. The number of guanidine groups is 1. The van der Waals surface area contributed by atoms with Crippen LogP contribution in [0.25, 0.3) is 0 Å². The molecule has 2 saturated heterocycles. The van der Waals surface area contributed by atoms with Gasteiger partial charge in [0.05, 0.1) is 0 Å². The monoisotopic (exact) mass is 515 g/mol. The summed E-state index contributed by atoms with van der Waals surface area (Å²) >= 11 is 0. The van der Waals surface area contributed by atoms with Gasteiger partial charge in [-0.05, 0) is 50.6 Å². The van der Waals surface area contributed by atoms with E-state index in [0.29, 0.717) is 6.04 Å². The minimum Gasteiger partial charge on any atom is -0.354 e. The van der Waals surface area contributed by atoms with Crippen LogP contribution in [0.3, 0.4) is 0 Å². The number of aromatic nitrogens is 1. The average Bonchev–Trinajstić information content (AvgIpc) is 2.73. The molecule has 0 spiro atoms. The Hall–Kier alpha value is -1.13. The van der Waals surface area contributed by atoms with E-state index in [4.69, 9.17) is 0 Å². The van der Waals surface area contributed by atoms with Gasteiger partial charge in [0, 0.05) is 65.1 Å². The SMILES string of the molecule is CCCN1CCC(NC(=NC)NCc2ccnc(N3CCN(C)CC3)c2)CC1.I. The number of likely N-dealkylation sites (N-methyl/N-ethyl adjacent to an activating group) is 1. The number of anilines is 1. The van der Waals surface area contributed by atoms with E-state index >= 15 is 0 Å². The van der Waals surface area contributed by atoms with E-state index in [0.717, 1.165) is 44.5 Å². The van der Waals surface area contributed by atoms with E-state index in [1.54, 1.807) is 0 Å². The summed E-state index contributed by atoms with van der Waals surface area (Å²) in [4.78, 5) is 16.3. The summed E-state index contributed by atoms with van der Waals surface area (Å²) in [5.74, 6) is 1.98. The molecule has 0 unspecified atom stereocenters.